The minimum Gasteiger partial charge on any atom is -0.343 e. The maximum absolute atomic E-state index is 6.25. The van der Waals surface area contributed by atoms with Gasteiger partial charge in [-0.25, -0.2) is 0 Å². The summed E-state index contributed by atoms with van der Waals surface area (Å²) in [5, 5.41) is 2.40. The van der Waals surface area contributed by atoms with E-state index in [9.17, 15) is 0 Å². The zero-order valence-corrected chi connectivity index (χ0v) is 12.3. The first-order valence-corrected chi connectivity index (χ1v) is 7.15. The largest absolute Gasteiger partial charge is 0.343 e. The van der Waals surface area contributed by atoms with Crippen LogP contribution in [0.4, 0.5) is 0 Å². The molecular weight excluding hydrogens is 291 g/mol. The Morgan fingerprint density at radius 2 is 1.90 bits per heavy atom. The Morgan fingerprint density at radius 3 is 2.70 bits per heavy atom. The summed E-state index contributed by atoms with van der Waals surface area (Å²) in [4.78, 5) is 0. The van der Waals surface area contributed by atoms with E-state index in [1.54, 1.807) is 6.07 Å². The van der Waals surface area contributed by atoms with Gasteiger partial charge < -0.3 is 10.3 Å². The van der Waals surface area contributed by atoms with Gasteiger partial charge in [0, 0.05) is 24.8 Å². The molecule has 0 aliphatic rings. The van der Waals surface area contributed by atoms with E-state index < -0.39 is 0 Å². The zero-order valence-electron chi connectivity index (χ0n) is 10.8. The van der Waals surface area contributed by atoms with Crippen LogP contribution in [0.3, 0.4) is 0 Å². The number of hydrogen-bond acceptors (Lipinski definition) is 1. The van der Waals surface area contributed by atoms with E-state index in [2.05, 4.69) is 35.0 Å². The number of rotatable bonds is 3. The molecule has 3 rings (SSSR count). The number of nitrogens with zero attached hydrogens (tertiary/aromatic N) is 1. The molecule has 0 unspecified atom stereocenters. The van der Waals surface area contributed by atoms with E-state index in [1.165, 1.54) is 5.39 Å². The van der Waals surface area contributed by atoms with Crippen LogP contribution in [-0.2, 0) is 13.1 Å². The van der Waals surface area contributed by atoms with Gasteiger partial charge in [0.25, 0.3) is 0 Å². The van der Waals surface area contributed by atoms with E-state index >= 15 is 0 Å². The fourth-order valence-corrected chi connectivity index (χ4v) is 2.73. The normalized spacial score (nSPS) is 11.2. The highest BCUT2D eigenvalue weighted by molar-refractivity contribution is 6.42. The second-order valence-electron chi connectivity index (χ2n) is 4.75. The maximum atomic E-state index is 6.25. The minimum absolute atomic E-state index is 0.541. The number of nitrogens with two attached hydrogens (primary N) is 1. The Hall–Kier alpha value is -1.48. The molecule has 2 aromatic carbocycles. The van der Waals surface area contributed by atoms with Gasteiger partial charge in [0.2, 0.25) is 0 Å². The van der Waals surface area contributed by atoms with Crippen molar-refractivity contribution in [2.45, 2.75) is 13.1 Å². The monoisotopic (exact) mass is 304 g/mol. The Bertz CT molecular complexity index is 762. The summed E-state index contributed by atoms with van der Waals surface area (Å²) >= 11 is 12.3. The molecule has 0 radical (unpaired) electrons. The molecule has 4 heteroatoms. The molecule has 0 aliphatic heterocycles. The molecule has 0 saturated heterocycles. The Morgan fingerprint density at radius 1 is 1.05 bits per heavy atom. The van der Waals surface area contributed by atoms with Crippen molar-refractivity contribution in [3.8, 4) is 0 Å². The van der Waals surface area contributed by atoms with Crippen molar-refractivity contribution in [2.24, 2.45) is 5.73 Å². The first-order valence-electron chi connectivity index (χ1n) is 6.40. The van der Waals surface area contributed by atoms with Crippen molar-refractivity contribution >= 4 is 34.1 Å². The van der Waals surface area contributed by atoms with Crippen molar-refractivity contribution in [2.75, 3.05) is 0 Å². The third-order valence-corrected chi connectivity index (χ3v) is 4.30. The summed E-state index contributed by atoms with van der Waals surface area (Å²) in [6, 6.07) is 14.1. The number of halogens is 2. The summed E-state index contributed by atoms with van der Waals surface area (Å²) < 4.78 is 2.16. The van der Waals surface area contributed by atoms with E-state index in [0.29, 0.717) is 23.1 Å². The molecule has 3 aromatic rings. The molecule has 0 atom stereocenters. The smallest absolute Gasteiger partial charge is 0.0642 e. The summed E-state index contributed by atoms with van der Waals surface area (Å²) in [5.41, 5.74) is 8.99. The lowest BCUT2D eigenvalue weighted by Crippen LogP contribution is -2.00. The van der Waals surface area contributed by atoms with Gasteiger partial charge in [-0.1, -0.05) is 47.5 Å². The Labute approximate surface area is 127 Å². The highest BCUT2D eigenvalue weighted by atomic mass is 35.5. The van der Waals surface area contributed by atoms with E-state index in [4.69, 9.17) is 28.9 Å². The van der Waals surface area contributed by atoms with Gasteiger partial charge >= 0.3 is 0 Å². The molecule has 0 spiro atoms. The lowest BCUT2D eigenvalue weighted by molar-refractivity contribution is 0.836. The molecule has 0 fully saturated rings. The molecular formula is C16H14Cl2N2. The summed E-state index contributed by atoms with van der Waals surface area (Å²) in [7, 11) is 0. The van der Waals surface area contributed by atoms with Crippen LogP contribution in [0.15, 0.2) is 48.7 Å². The van der Waals surface area contributed by atoms with Crippen molar-refractivity contribution in [3.63, 3.8) is 0 Å². The van der Waals surface area contributed by atoms with Crippen LogP contribution in [-0.4, -0.2) is 4.57 Å². The molecule has 20 heavy (non-hydrogen) atoms. The van der Waals surface area contributed by atoms with Crippen LogP contribution < -0.4 is 5.73 Å². The van der Waals surface area contributed by atoms with Crippen LogP contribution in [0, 0.1) is 0 Å². The molecule has 0 aliphatic carbocycles. The SMILES string of the molecule is NCc1ccc2ccn(Cc3cccc(Cl)c3Cl)c2c1. The Balaban J connectivity index is 2.04. The predicted molar refractivity (Wildman–Crippen MR) is 85.4 cm³/mol. The predicted octanol–water partition coefficient (Wildman–Crippen LogP) is 4.46. The average Bonchev–Trinajstić information content (AvgIpc) is 2.86. The third kappa shape index (κ3) is 2.42. The third-order valence-electron chi connectivity index (χ3n) is 3.45. The summed E-state index contributed by atoms with van der Waals surface area (Å²) in [6.07, 6.45) is 2.06. The Kier molecular flexibility index (Phi) is 3.70. The fourth-order valence-electron chi connectivity index (χ4n) is 2.35. The molecule has 2 N–H and O–H groups in total. The summed E-state index contributed by atoms with van der Waals surface area (Å²) in [5.74, 6) is 0. The molecule has 102 valence electrons. The first-order chi connectivity index (χ1) is 9.69. The van der Waals surface area contributed by atoms with Crippen LogP contribution in [0.1, 0.15) is 11.1 Å². The van der Waals surface area contributed by atoms with Crippen molar-refractivity contribution in [3.05, 3.63) is 69.8 Å². The average molecular weight is 305 g/mol. The van der Waals surface area contributed by atoms with Gasteiger partial charge in [-0.3, -0.25) is 0 Å². The molecule has 0 saturated carbocycles. The quantitative estimate of drug-likeness (QED) is 0.761. The molecule has 2 nitrogen and oxygen atoms in total. The topological polar surface area (TPSA) is 30.9 Å². The first kappa shape index (κ1) is 13.5. The van der Waals surface area contributed by atoms with Crippen LogP contribution in [0.2, 0.25) is 10.0 Å². The van der Waals surface area contributed by atoms with Crippen LogP contribution >= 0.6 is 23.2 Å². The summed E-state index contributed by atoms with van der Waals surface area (Å²) in [6.45, 7) is 1.23. The lowest BCUT2D eigenvalue weighted by atomic mass is 10.1. The number of hydrogen-bond donors (Lipinski definition) is 1. The van der Waals surface area contributed by atoms with E-state index in [1.807, 2.05) is 12.1 Å². The number of aromatic nitrogens is 1. The maximum Gasteiger partial charge on any atom is 0.0642 e. The number of benzene rings is 2. The van der Waals surface area contributed by atoms with Crippen molar-refractivity contribution < 1.29 is 0 Å². The fraction of sp³-hybridized carbons (Fsp3) is 0.125. The molecule has 0 bridgehead atoms. The zero-order chi connectivity index (χ0) is 14.1. The molecule has 0 amide bonds. The van der Waals surface area contributed by atoms with Gasteiger partial charge in [0.05, 0.1) is 10.0 Å². The van der Waals surface area contributed by atoms with Gasteiger partial charge in [0.1, 0.15) is 0 Å². The van der Waals surface area contributed by atoms with Crippen molar-refractivity contribution in [1.29, 1.82) is 0 Å². The standard InChI is InChI=1S/C16H14Cl2N2/c17-14-3-1-2-13(16(14)18)10-20-7-6-12-5-4-11(9-19)8-15(12)20/h1-8H,9-10,19H2. The molecule has 1 heterocycles. The lowest BCUT2D eigenvalue weighted by Gasteiger charge is -2.09. The highest BCUT2D eigenvalue weighted by Gasteiger charge is 2.07. The van der Waals surface area contributed by atoms with Crippen LogP contribution in [0.5, 0.6) is 0 Å². The van der Waals surface area contributed by atoms with Gasteiger partial charge in [-0.05, 0) is 34.7 Å². The minimum atomic E-state index is 0.541. The van der Waals surface area contributed by atoms with Crippen LogP contribution in [0.25, 0.3) is 10.9 Å². The number of fused-ring (bicyclic) bond motifs is 1. The van der Waals surface area contributed by atoms with E-state index in [0.717, 1.165) is 16.6 Å². The van der Waals surface area contributed by atoms with Gasteiger partial charge in [-0.15, -0.1) is 0 Å². The second kappa shape index (κ2) is 5.49. The second-order valence-corrected chi connectivity index (χ2v) is 5.54. The molecule has 1 aromatic heterocycles. The van der Waals surface area contributed by atoms with Gasteiger partial charge in [0.15, 0.2) is 0 Å². The van der Waals surface area contributed by atoms with Gasteiger partial charge in [-0.2, -0.15) is 0 Å². The van der Waals surface area contributed by atoms with Crippen molar-refractivity contribution in [1.82, 2.24) is 4.57 Å². The highest BCUT2D eigenvalue weighted by Crippen LogP contribution is 2.27. The van der Waals surface area contributed by atoms with E-state index in [-0.39, 0.29) is 0 Å².